The van der Waals surface area contributed by atoms with Crippen molar-refractivity contribution in [3.8, 4) is 0 Å². The molecule has 2 rings (SSSR count). The van der Waals surface area contributed by atoms with Crippen molar-refractivity contribution < 1.29 is 13.2 Å². The highest BCUT2D eigenvalue weighted by Crippen LogP contribution is 2.18. The molecule has 0 spiro atoms. The van der Waals surface area contributed by atoms with E-state index in [-0.39, 0.29) is 23.3 Å². The van der Waals surface area contributed by atoms with Gasteiger partial charge >= 0.3 is 0 Å². The molecule has 22 heavy (non-hydrogen) atoms. The number of nitrogens with zero attached hydrogens (tertiary/aromatic N) is 1. The Hall–Kier alpha value is -0.820. The van der Waals surface area contributed by atoms with E-state index in [0.29, 0.717) is 12.3 Å². The van der Waals surface area contributed by atoms with Gasteiger partial charge in [0.05, 0.1) is 17.6 Å². The zero-order valence-electron chi connectivity index (χ0n) is 13.9. The predicted octanol–water partition coefficient (Wildman–Crippen LogP) is 0.934. The zero-order chi connectivity index (χ0) is 16.2. The molecule has 0 radical (unpaired) electrons. The molecule has 0 bridgehead atoms. The summed E-state index contributed by atoms with van der Waals surface area (Å²) in [6.45, 7) is 8.37. The lowest BCUT2D eigenvalue weighted by Crippen LogP contribution is -2.49. The first kappa shape index (κ1) is 17.5. The molecule has 0 aliphatic carbocycles. The molecule has 2 unspecified atom stereocenters. The lowest BCUT2D eigenvalue weighted by molar-refractivity contribution is 0.113. The average Bonchev–Trinajstić information content (AvgIpc) is 3.00. The smallest absolute Gasteiger partial charge is 0.191 e. The third-order valence-corrected chi connectivity index (χ3v) is 5.69. The number of hydrogen-bond donors (Lipinski definition) is 2. The Morgan fingerprint density at radius 2 is 2.09 bits per heavy atom. The van der Waals surface area contributed by atoms with E-state index < -0.39 is 9.84 Å². The number of guanidine groups is 1. The molecule has 2 fully saturated rings. The van der Waals surface area contributed by atoms with E-state index >= 15 is 0 Å². The summed E-state index contributed by atoms with van der Waals surface area (Å²) >= 11 is 0. The molecule has 0 amide bonds. The van der Waals surface area contributed by atoms with Gasteiger partial charge in [-0.1, -0.05) is 0 Å². The molecule has 2 heterocycles. The largest absolute Gasteiger partial charge is 0.376 e. The lowest BCUT2D eigenvalue weighted by Gasteiger charge is -2.25. The van der Waals surface area contributed by atoms with Crippen LogP contribution in [0, 0.1) is 5.92 Å². The molecule has 7 heteroatoms. The highest BCUT2D eigenvalue weighted by Gasteiger charge is 2.27. The first-order valence-electron chi connectivity index (χ1n) is 8.12. The Bertz CT molecular complexity index is 491. The minimum Gasteiger partial charge on any atom is -0.376 e. The molecular weight excluding hydrogens is 302 g/mol. The van der Waals surface area contributed by atoms with Gasteiger partial charge in [-0.25, -0.2) is 8.42 Å². The molecule has 0 aromatic carbocycles. The summed E-state index contributed by atoms with van der Waals surface area (Å²) in [7, 11) is -2.83. The molecule has 0 saturated carbocycles. The van der Waals surface area contributed by atoms with Crippen LogP contribution in [0.4, 0.5) is 0 Å². The Kier molecular flexibility index (Phi) is 5.71. The second-order valence-corrected chi connectivity index (χ2v) is 9.58. The van der Waals surface area contributed by atoms with Crippen molar-refractivity contribution in [1.82, 2.24) is 10.6 Å². The van der Waals surface area contributed by atoms with Gasteiger partial charge in [0.1, 0.15) is 0 Å². The predicted molar refractivity (Wildman–Crippen MR) is 88.9 cm³/mol. The second-order valence-electron chi connectivity index (χ2n) is 7.35. The Labute approximate surface area is 134 Å². The van der Waals surface area contributed by atoms with E-state index in [4.69, 9.17) is 4.74 Å². The number of aliphatic imine (C=N–C) groups is 1. The molecule has 0 aromatic heterocycles. The number of sulfone groups is 1. The quantitative estimate of drug-likeness (QED) is 0.592. The van der Waals surface area contributed by atoms with Crippen molar-refractivity contribution in [3.05, 3.63) is 0 Å². The number of nitrogens with one attached hydrogen (secondary N) is 2. The van der Waals surface area contributed by atoms with Crippen LogP contribution < -0.4 is 10.6 Å². The van der Waals surface area contributed by atoms with Gasteiger partial charge in [0.2, 0.25) is 0 Å². The fourth-order valence-electron chi connectivity index (χ4n) is 2.75. The molecule has 2 N–H and O–H groups in total. The van der Waals surface area contributed by atoms with Gasteiger partial charge < -0.3 is 15.4 Å². The summed E-state index contributed by atoms with van der Waals surface area (Å²) in [4.78, 5) is 4.59. The zero-order valence-corrected chi connectivity index (χ0v) is 14.7. The topological polar surface area (TPSA) is 79.8 Å². The van der Waals surface area contributed by atoms with Crippen molar-refractivity contribution >= 4 is 15.8 Å². The highest BCUT2D eigenvalue weighted by atomic mass is 32.2. The molecule has 2 aliphatic heterocycles. The number of ether oxygens (including phenoxy) is 1. The third kappa shape index (κ3) is 6.12. The summed E-state index contributed by atoms with van der Waals surface area (Å²) in [5.74, 6) is 1.46. The van der Waals surface area contributed by atoms with Crippen LogP contribution in [0.1, 0.15) is 40.0 Å². The van der Waals surface area contributed by atoms with Crippen LogP contribution in [-0.4, -0.2) is 57.2 Å². The molecule has 128 valence electrons. The normalized spacial score (nSPS) is 28.8. The highest BCUT2D eigenvalue weighted by molar-refractivity contribution is 7.91. The van der Waals surface area contributed by atoms with Gasteiger partial charge in [0, 0.05) is 25.2 Å². The minimum absolute atomic E-state index is 0.0931. The number of rotatable bonds is 4. The van der Waals surface area contributed by atoms with Crippen LogP contribution in [0.2, 0.25) is 0 Å². The van der Waals surface area contributed by atoms with Crippen molar-refractivity contribution in [2.75, 3.05) is 31.2 Å². The fourth-order valence-corrected chi connectivity index (χ4v) is 4.60. The minimum atomic E-state index is -2.83. The Morgan fingerprint density at radius 3 is 2.64 bits per heavy atom. The van der Waals surface area contributed by atoms with E-state index in [2.05, 4.69) is 36.4 Å². The fraction of sp³-hybridized carbons (Fsp3) is 0.933. The summed E-state index contributed by atoms with van der Waals surface area (Å²) in [5.41, 5.74) is -0.0931. The van der Waals surface area contributed by atoms with Crippen LogP contribution in [0.15, 0.2) is 4.99 Å². The first-order valence-corrected chi connectivity index (χ1v) is 9.94. The van der Waals surface area contributed by atoms with Crippen LogP contribution in [0.25, 0.3) is 0 Å². The number of hydrogen-bond acceptors (Lipinski definition) is 4. The Morgan fingerprint density at radius 1 is 1.32 bits per heavy atom. The van der Waals surface area contributed by atoms with E-state index in [1.54, 1.807) is 0 Å². The summed E-state index contributed by atoms with van der Waals surface area (Å²) in [5, 5.41) is 6.69. The molecule has 6 nitrogen and oxygen atoms in total. The molecular formula is C15H29N3O3S. The molecule has 2 saturated heterocycles. The van der Waals surface area contributed by atoms with Crippen LogP contribution >= 0.6 is 0 Å². The van der Waals surface area contributed by atoms with E-state index in [1.165, 1.54) is 0 Å². The Balaban J connectivity index is 1.89. The van der Waals surface area contributed by atoms with Crippen LogP contribution in [0.3, 0.4) is 0 Å². The van der Waals surface area contributed by atoms with Gasteiger partial charge in [0.15, 0.2) is 15.8 Å². The standard InChI is InChI=1S/C15H29N3O3S/c1-15(2,3)18-14(17-10-13-5-4-7-21-13)16-9-12-6-8-22(19,20)11-12/h12-13H,4-11H2,1-3H3,(H2,16,17,18). The van der Waals surface area contributed by atoms with Gasteiger partial charge in [-0.3, -0.25) is 4.99 Å². The second kappa shape index (κ2) is 7.17. The van der Waals surface area contributed by atoms with E-state index in [9.17, 15) is 8.42 Å². The maximum atomic E-state index is 11.5. The average molecular weight is 331 g/mol. The van der Waals surface area contributed by atoms with Crippen LogP contribution in [-0.2, 0) is 14.6 Å². The van der Waals surface area contributed by atoms with Crippen molar-refractivity contribution in [1.29, 1.82) is 0 Å². The van der Waals surface area contributed by atoms with Crippen LogP contribution in [0.5, 0.6) is 0 Å². The lowest BCUT2D eigenvalue weighted by atomic mass is 10.1. The van der Waals surface area contributed by atoms with Gasteiger partial charge in [-0.2, -0.15) is 0 Å². The molecule has 2 aliphatic rings. The van der Waals surface area contributed by atoms with Gasteiger partial charge in [-0.05, 0) is 46.0 Å². The third-order valence-electron chi connectivity index (χ3n) is 3.85. The monoisotopic (exact) mass is 331 g/mol. The van der Waals surface area contributed by atoms with Gasteiger partial charge in [-0.15, -0.1) is 0 Å². The summed E-state index contributed by atoms with van der Waals surface area (Å²) in [6, 6.07) is 0. The van der Waals surface area contributed by atoms with Crippen molar-refractivity contribution in [3.63, 3.8) is 0 Å². The van der Waals surface area contributed by atoms with Crippen molar-refractivity contribution in [2.24, 2.45) is 10.9 Å². The first-order chi connectivity index (χ1) is 10.2. The maximum absolute atomic E-state index is 11.5. The molecule has 0 aromatic rings. The molecule has 2 atom stereocenters. The summed E-state index contributed by atoms with van der Waals surface area (Å²) < 4.78 is 28.6. The summed E-state index contributed by atoms with van der Waals surface area (Å²) in [6.07, 6.45) is 3.17. The van der Waals surface area contributed by atoms with E-state index in [0.717, 1.165) is 38.4 Å². The SMILES string of the molecule is CC(C)(C)NC(=NCC1CCS(=O)(=O)C1)NCC1CCCO1. The maximum Gasteiger partial charge on any atom is 0.191 e. The van der Waals surface area contributed by atoms with E-state index in [1.807, 2.05) is 0 Å². The van der Waals surface area contributed by atoms with Crippen molar-refractivity contribution in [2.45, 2.75) is 51.7 Å². The van der Waals surface area contributed by atoms with Gasteiger partial charge in [0.25, 0.3) is 0 Å².